The number of aryl methyl sites for hydroxylation is 4. The largest absolute Gasteiger partial charge is 0.258 e. The van der Waals surface area contributed by atoms with Gasteiger partial charge in [-0.2, -0.15) is 0 Å². The fourth-order valence-electron chi connectivity index (χ4n) is 15.2. The van der Waals surface area contributed by atoms with Gasteiger partial charge in [0.2, 0.25) is 0 Å². The molecule has 6 aromatic heterocycles. The molecule has 0 amide bonds. The van der Waals surface area contributed by atoms with Crippen molar-refractivity contribution in [3.63, 3.8) is 0 Å². The summed E-state index contributed by atoms with van der Waals surface area (Å²) in [6.45, 7) is 8.18. The van der Waals surface area contributed by atoms with E-state index in [2.05, 4.69) is 281 Å². The minimum Gasteiger partial charge on any atom is -0.258 e. The summed E-state index contributed by atoms with van der Waals surface area (Å²) in [5, 5.41) is 0. The quantitative estimate of drug-likeness (QED) is 0.0922. The molecule has 112 heavy (non-hydrogen) atoms. The van der Waals surface area contributed by atoms with E-state index < -0.39 is 0 Å². The molecule has 0 N–H and O–H groups in total. The summed E-state index contributed by atoms with van der Waals surface area (Å²) in [4.78, 5) is 52.3. The number of rotatable bonds is 16. The molecule has 0 radical (unpaired) electrons. The van der Waals surface area contributed by atoms with E-state index in [0.29, 0.717) is 17.6 Å². The Morgan fingerprint density at radius 1 is 0.196 bits per heavy atom. The second kappa shape index (κ2) is 32.5. The molecule has 0 saturated heterocycles. The number of nitrogens with zero attached hydrogens (tertiary/aromatic N) is 10. The average Bonchev–Trinajstić information content (AvgIpc) is 0.768. The van der Waals surface area contributed by atoms with Crippen LogP contribution in [0.1, 0.15) is 66.5 Å². The Bertz CT molecular complexity index is 6200. The molecule has 17 aromatic rings. The van der Waals surface area contributed by atoms with Gasteiger partial charge in [0.05, 0.1) is 68.3 Å². The maximum atomic E-state index is 5.58. The van der Waals surface area contributed by atoms with Crippen LogP contribution in [0.4, 0.5) is 0 Å². The van der Waals surface area contributed by atoms with Gasteiger partial charge in [-0.3, -0.25) is 9.97 Å². The third-order valence-corrected chi connectivity index (χ3v) is 20.8. The van der Waals surface area contributed by atoms with E-state index in [-0.39, 0.29) is 0 Å². The van der Waals surface area contributed by atoms with Crippen LogP contribution in [0.15, 0.2) is 346 Å². The molecule has 18 rings (SSSR count). The van der Waals surface area contributed by atoms with Crippen molar-refractivity contribution in [2.45, 2.75) is 65.7 Å². The fraction of sp³-hybridized carbons (Fsp3) is 0.0980. The Morgan fingerprint density at radius 2 is 0.473 bits per heavy atom. The molecular formula is C102H80N10. The molecule has 0 aliphatic heterocycles. The zero-order valence-electron chi connectivity index (χ0n) is 63.0. The van der Waals surface area contributed by atoms with Crippen LogP contribution in [0.5, 0.6) is 0 Å². The van der Waals surface area contributed by atoms with Crippen molar-refractivity contribution in [2.24, 2.45) is 0 Å². The first-order valence-electron chi connectivity index (χ1n) is 38.5. The molecule has 0 atom stereocenters. The Labute approximate surface area is 654 Å². The van der Waals surface area contributed by atoms with Gasteiger partial charge < -0.3 is 0 Å². The van der Waals surface area contributed by atoms with Crippen LogP contribution >= 0.6 is 0 Å². The van der Waals surface area contributed by atoms with E-state index >= 15 is 0 Å². The van der Waals surface area contributed by atoms with E-state index in [9.17, 15) is 0 Å². The first-order valence-corrected chi connectivity index (χ1v) is 38.5. The van der Waals surface area contributed by atoms with Gasteiger partial charge in [0, 0.05) is 112 Å². The van der Waals surface area contributed by atoms with Crippen LogP contribution < -0.4 is 0 Å². The predicted octanol–water partition coefficient (Wildman–Crippen LogP) is 25.6. The fourth-order valence-corrected chi connectivity index (χ4v) is 15.2. The molecule has 0 spiro atoms. The number of hydrogen-bond donors (Lipinski definition) is 0. The van der Waals surface area contributed by atoms with Crippen molar-refractivity contribution < 1.29 is 0 Å². The summed E-state index contributed by atoms with van der Waals surface area (Å²) in [5.74, 6) is 1.66. The van der Waals surface area contributed by atoms with Crippen LogP contribution in [-0.2, 0) is 0 Å². The van der Waals surface area contributed by atoms with Crippen molar-refractivity contribution in [2.75, 3.05) is 0 Å². The lowest BCUT2D eigenvalue weighted by Crippen LogP contribution is -2.11. The SMILES string of the molecule is Cc1ccc(-c2cccc(-c3cc(-c4cccc(-c5nc(-c6ccccc6)c(-c6ccccc6)nc5-c5ccccc5)c4)nc(-c4ccccc4)n3)c2)c(C)n1.Cc1ccc(-c2cccc(-c3cc(-c4ccccc4)nc(-c4cccc(-c5nc(-c6ccccc6)c(-c6ccccc6)nc5C5CCCCC5)c4)n3)c2)c(C)n1. The van der Waals surface area contributed by atoms with Gasteiger partial charge in [-0.15, -0.1) is 0 Å². The van der Waals surface area contributed by atoms with Crippen LogP contribution in [0, 0.1) is 27.7 Å². The van der Waals surface area contributed by atoms with E-state index in [1.165, 1.54) is 19.3 Å². The zero-order chi connectivity index (χ0) is 75.7. The molecule has 0 unspecified atom stereocenters. The third-order valence-electron chi connectivity index (χ3n) is 20.8. The highest BCUT2D eigenvalue weighted by Crippen LogP contribution is 2.44. The molecule has 10 heteroatoms. The van der Waals surface area contributed by atoms with Crippen molar-refractivity contribution >= 4 is 0 Å². The number of hydrogen-bond acceptors (Lipinski definition) is 10. The lowest BCUT2D eigenvalue weighted by Gasteiger charge is -2.25. The standard InChI is InChI=1S/C51H37N5.C51H43N5/c1-34-29-30-44(35(2)52-34)40-25-15-26-41(31-40)45-33-46(54-51(53-45)39-23-13-6-14-24-39)42-27-16-28-43(32-42)50-49(38-21-11-5-12-22-38)55-47(36-17-7-3-8-18-36)48(56-50)37-19-9-4-10-20-37;1-34-29-30-44(35(2)52-34)40-25-15-26-41(31-40)46-33-45(36-17-7-3-8-18-36)53-51(54-46)43-28-16-27-42(32-43)50-49(39-23-13-6-14-24-39)55-47(37-19-9-4-10-20-37)48(56-50)38-21-11-5-12-22-38/h3-33H,1-2H3;3-5,7-12,15-22,25-33,39H,6,13-14,23-24H2,1-2H3. The Balaban J connectivity index is 0.000000163. The molecule has 11 aromatic carbocycles. The average molecular weight is 1450 g/mol. The molecular weight excluding hydrogens is 1370 g/mol. The first-order chi connectivity index (χ1) is 55.1. The second-order valence-corrected chi connectivity index (χ2v) is 28.6. The molecule has 538 valence electrons. The second-order valence-electron chi connectivity index (χ2n) is 28.6. The summed E-state index contributed by atoms with van der Waals surface area (Å²) >= 11 is 0. The van der Waals surface area contributed by atoms with Gasteiger partial charge in [-0.25, -0.2) is 39.9 Å². The maximum absolute atomic E-state index is 5.58. The normalized spacial score (nSPS) is 12.1. The smallest absolute Gasteiger partial charge is 0.160 e. The van der Waals surface area contributed by atoms with Gasteiger partial charge in [0.15, 0.2) is 11.6 Å². The van der Waals surface area contributed by atoms with E-state index in [1.54, 1.807) is 0 Å². The zero-order valence-corrected chi connectivity index (χ0v) is 63.0. The van der Waals surface area contributed by atoms with E-state index in [1.807, 2.05) is 92.7 Å². The molecule has 1 fully saturated rings. The van der Waals surface area contributed by atoms with Crippen molar-refractivity contribution in [1.29, 1.82) is 0 Å². The lowest BCUT2D eigenvalue weighted by molar-refractivity contribution is 0.437. The number of pyridine rings is 2. The highest BCUT2D eigenvalue weighted by molar-refractivity contribution is 5.89. The monoisotopic (exact) mass is 1440 g/mol. The Morgan fingerprint density at radius 3 is 0.866 bits per heavy atom. The Hall–Kier alpha value is -14.0. The van der Waals surface area contributed by atoms with Crippen molar-refractivity contribution in [3.8, 4) is 169 Å². The maximum Gasteiger partial charge on any atom is 0.160 e. The summed E-state index contributed by atoms with van der Waals surface area (Å²) in [5.41, 5.74) is 31.9. The van der Waals surface area contributed by atoms with Crippen LogP contribution in [0.3, 0.4) is 0 Å². The van der Waals surface area contributed by atoms with Crippen LogP contribution in [0.25, 0.3) is 169 Å². The summed E-state index contributed by atoms with van der Waals surface area (Å²) in [6, 6.07) is 119. The molecule has 0 bridgehead atoms. The molecule has 1 aliphatic carbocycles. The minimum absolute atomic E-state index is 0.339. The van der Waals surface area contributed by atoms with Gasteiger partial charge in [-0.1, -0.05) is 317 Å². The predicted molar refractivity (Wildman–Crippen MR) is 457 cm³/mol. The lowest BCUT2D eigenvalue weighted by atomic mass is 9.84. The molecule has 6 heterocycles. The third kappa shape index (κ3) is 15.6. The number of aromatic nitrogens is 10. The van der Waals surface area contributed by atoms with Gasteiger partial charge in [0.1, 0.15) is 0 Å². The first kappa shape index (κ1) is 71.0. The number of benzene rings is 11. The van der Waals surface area contributed by atoms with Crippen LogP contribution in [0.2, 0.25) is 0 Å². The topological polar surface area (TPSA) is 129 Å². The summed E-state index contributed by atoms with van der Waals surface area (Å²) < 4.78 is 0. The van der Waals surface area contributed by atoms with E-state index in [0.717, 1.165) is 199 Å². The van der Waals surface area contributed by atoms with Crippen molar-refractivity contribution in [3.05, 3.63) is 374 Å². The minimum atomic E-state index is 0.339. The Kier molecular flexibility index (Phi) is 20.6. The molecule has 10 nitrogen and oxygen atoms in total. The van der Waals surface area contributed by atoms with Gasteiger partial charge in [-0.05, 0) is 100 Å². The summed E-state index contributed by atoms with van der Waals surface area (Å²) in [6.07, 6.45) is 5.91. The van der Waals surface area contributed by atoms with Crippen molar-refractivity contribution in [1.82, 2.24) is 49.8 Å². The summed E-state index contributed by atoms with van der Waals surface area (Å²) in [7, 11) is 0. The highest BCUT2D eigenvalue weighted by atomic mass is 14.9. The highest BCUT2D eigenvalue weighted by Gasteiger charge is 2.27. The van der Waals surface area contributed by atoms with Gasteiger partial charge in [0.25, 0.3) is 0 Å². The molecule has 1 aliphatic rings. The van der Waals surface area contributed by atoms with Gasteiger partial charge >= 0.3 is 0 Å². The van der Waals surface area contributed by atoms with Crippen LogP contribution in [-0.4, -0.2) is 49.8 Å². The van der Waals surface area contributed by atoms with E-state index in [4.69, 9.17) is 49.8 Å². The molecule has 1 saturated carbocycles.